The van der Waals surface area contributed by atoms with E-state index in [1.807, 2.05) is 12.5 Å². The van der Waals surface area contributed by atoms with Crippen LogP contribution in [0.1, 0.15) is 26.0 Å². The molecule has 0 aliphatic rings. The monoisotopic (exact) mass is 230 g/mol. The zero-order valence-corrected chi connectivity index (χ0v) is 10.4. The van der Waals surface area contributed by atoms with E-state index in [9.17, 15) is 0 Å². The van der Waals surface area contributed by atoms with Gasteiger partial charge in [-0.2, -0.15) is 0 Å². The van der Waals surface area contributed by atoms with Gasteiger partial charge in [-0.3, -0.25) is 0 Å². The summed E-state index contributed by atoms with van der Waals surface area (Å²) < 4.78 is 7.22. The third-order valence-corrected chi connectivity index (χ3v) is 2.79. The first-order chi connectivity index (χ1) is 7.09. The van der Waals surface area contributed by atoms with Crippen LogP contribution in [0, 0.1) is 5.41 Å². The van der Waals surface area contributed by atoms with Crippen LogP contribution < -0.4 is 0 Å². The molecule has 0 aliphatic carbocycles. The molecule has 0 fully saturated rings. The molecule has 0 saturated carbocycles. The quantitative estimate of drug-likeness (QED) is 0.703. The maximum atomic E-state index is 5.82. The maximum Gasteiger partial charge on any atom is 0.0948 e. The van der Waals surface area contributed by atoms with Crippen LogP contribution in [-0.4, -0.2) is 23.3 Å². The molecule has 1 aromatic heterocycles. The van der Waals surface area contributed by atoms with Crippen LogP contribution in [0.15, 0.2) is 12.5 Å². The van der Waals surface area contributed by atoms with E-state index in [1.165, 1.54) is 0 Å². The summed E-state index contributed by atoms with van der Waals surface area (Å²) in [5.74, 6) is 0.514. The van der Waals surface area contributed by atoms with Gasteiger partial charge in [-0.05, 0) is 11.8 Å². The first-order valence-corrected chi connectivity index (χ1v) is 5.66. The lowest BCUT2D eigenvalue weighted by Crippen LogP contribution is -2.22. The Morgan fingerprint density at radius 3 is 2.87 bits per heavy atom. The molecule has 15 heavy (non-hydrogen) atoms. The molecule has 0 aliphatic heterocycles. The molecule has 0 spiro atoms. The van der Waals surface area contributed by atoms with Gasteiger partial charge in [0, 0.05) is 26.5 Å². The van der Waals surface area contributed by atoms with Gasteiger partial charge in [-0.1, -0.05) is 13.8 Å². The highest BCUT2D eigenvalue weighted by molar-refractivity contribution is 6.16. The second-order valence-corrected chi connectivity index (χ2v) is 4.82. The van der Waals surface area contributed by atoms with Crippen molar-refractivity contribution in [3.8, 4) is 0 Å². The molecule has 0 aromatic carbocycles. The van der Waals surface area contributed by atoms with E-state index < -0.39 is 0 Å². The molecule has 3 nitrogen and oxygen atoms in total. The van der Waals surface area contributed by atoms with E-state index in [-0.39, 0.29) is 5.41 Å². The van der Waals surface area contributed by atoms with Gasteiger partial charge in [0.25, 0.3) is 0 Å². The van der Waals surface area contributed by atoms with Crippen molar-refractivity contribution in [1.29, 1.82) is 0 Å². The minimum atomic E-state index is 0.206. The Bertz CT molecular complexity index is 297. The van der Waals surface area contributed by atoms with E-state index in [2.05, 4.69) is 23.4 Å². The SMILES string of the molecule is COCCC(C)(C)Cn1cncc1CCl. The summed E-state index contributed by atoms with van der Waals surface area (Å²) in [5.41, 5.74) is 1.28. The number of nitrogens with zero attached hydrogens (tertiary/aromatic N) is 2. The Morgan fingerprint density at radius 2 is 2.27 bits per heavy atom. The van der Waals surface area contributed by atoms with Crippen molar-refractivity contribution in [2.45, 2.75) is 32.7 Å². The number of halogens is 1. The highest BCUT2D eigenvalue weighted by atomic mass is 35.5. The number of ether oxygens (including phenoxy) is 1. The lowest BCUT2D eigenvalue weighted by Gasteiger charge is -2.25. The minimum Gasteiger partial charge on any atom is -0.385 e. The number of imidazole rings is 1. The highest BCUT2D eigenvalue weighted by Gasteiger charge is 2.19. The molecule has 1 rings (SSSR count). The Hall–Kier alpha value is -0.540. The van der Waals surface area contributed by atoms with Gasteiger partial charge in [0.1, 0.15) is 0 Å². The molecule has 86 valence electrons. The van der Waals surface area contributed by atoms with E-state index in [1.54, 1.807) is 7.11 Å². The lowest BCUT2D eigenvalue weighted by molar-refractivity contribution is 0.142. The van der Waals surface area contributed by atoms with Crippen molar-refractivity contribution in [3.63, 3.8) is 0 Å². The van der Waals surface area contributed by atoms with Crippen LogP contribution in [0.2, 0.25) is 0 Å². The van der Waals surface area contributed by atoms with Gasteiger partial charge in [-0.15, -0.1) is 11.6 Å². The summed E-state index contributed by atoms with van der Waals surface area (Å²) in [6.07, 6.45) is 4.69. The van der Waals surface area contributed by atoms with Gasteiger partial charge in [0.15, 0.2) is 0 Å². The van der Waals surface area contributed by atoms with Gasteiger partial charge in [0.05, 0.1) is 17.9 Å². The number of aromatic nitrogens is 2. The van der Waals surface area contributed by atoms with Gasteiger partial charge >= 0.3 is 0 Å². The lowest BCUT2D eigenvalue weighted by atomic mass is 9.89. The second kappa shape index (κ2) is 5.52. The molecule has 0 bridgehead atoms. The molecule has 0 N–H and O–H groups in total. The summed E-state index contributed by atoms with van der Waals surface area (Å²) in [4.78, 5) is 4.10. The smallest absolute Gasteiger partial charge is 0.0948 e. The standard InChI is InChI=1S/C11H19ClN2O/c1-11(2,4-5-15-3)8-14-9-13-7-10(14)6-12/h7,9H,4-6,8H2,1-3H3. The fraction of sp³-hybridized carbons (Fsp3) is 0.727. The zero-order chi connectivity index (χ0) is 11.3. The number of methoxy groups -OCH3 is 1. The zero-order valence-electron chi connectivity index (χ0n) is 9.66. The fourth-order valence-electron chi connectivity index (χ4n) is 1.52. The Labute approximate surface area is 96.4 Å². The van der Waals surface area contributed by atoms with Gasteiger partial charge < -0.3 is 9.30 Å². The predicted molar refractivity (Wildman–Crippen MR) is 62.1 cm³/mol. The van der Waals surface area contributed by atoms with Crippen molar-refractivity contribution >= 4 is 11.6 Å². The summed E-state index contributed by atoms with van der Waals surface area (Å²) in [6, 6.07) is 0. The van der Waals surface area contributed by atoms with Crippen molar-refractivity contribution < 1.29 is 4.74 Å². The number of hydrogen-bond acceptors (Lipinski definition) is 2. The molecule has 0 atom stereocenters. The first-order valence-electron chi connectivity index (χ1n) is 5.13. The van der Waals surface area contributed by atoms with E-state index in [0.717, 1.165) is 25.3 Å². The van der Waals surface area contributed by atoms with Crippen LogP contribution >= 0.6 is 11.6 Å². The molecule has 0 unspecified atom stereocenters. The molecule has 1 heterocycles. The molecular weight excluding hydrogens is 212 g/mol. The fourth-order valence-corrected chi connectivity index (χ4v) is 1.74. The average Bonchev–Trinajstić information content (AvgIpc) is 2.61. The molecule has 0 amide bonds. The van der Waals surface area contributed by atoms with E-state index in [0.29, 0.717) is 5.88 Å². The maximum absolute atomic E-state index is 5.82. The number of alkyl halides is 1. The van der Waals surface area contributed by atoms with Gasteiger partial charge in [-0.25, -0.2) is 4.98 Å². The molecule has 0 saturated heterocycles. The van der Waals surface area contributed by atoms with E-state index >= 15 is 0 Å². The normalized spacial score (nSPS) is 12.0. The Kier molecular flexibility index (Phi) is 4.61. The van der Waals surface area contributed by atoms with Crippen LogP contribution in [0.4, 0.5) is 0 Å². The predicted octanol–water partition coefficient (Wildman–Crippen LogP) is 2.68. The molecule has 4 heteroatoms. The van der Waals surface area contributed by atoms with E-state index in [4.69, 9.17) is 16.3 Å². The first kappa shape index (κ1) is 12.5. The van der Waals surface area contributed by atoms with Crippen molar-refractivity contribution in [3.05, 3.63) is 18.2 Å². The van der Waals surface area contributed by atoms with Crippen molar-refractivity contribution in [2.24, 2.45) is 5.41 Å². The summed E-state index contributed by atoms with van der Waals surface area (Å²) in [6.45, 7) is 6.17. The number of hydrogen-bond donors (Lipinski definition) is 0. The highest BCUT2D eigenvalue weighted by Crippen LogP contribution is 2.23. The molecule has 1 aromatic rings. The average molecular weight is 231 g/mol. The van der Waals surface area contributed by atoms with Gasteiger partial charge in [0.2, 0.25) is 0 Å². The van der Waals surface area contributed by atoms with Crippen LogP contribution in [0.25, 0.3) is 0 Å². The van der Waals surface area contributed by atoms with Crippen molar-refractivity contribution in [1.82, 2.24) is 9.55 Å². The third kappa shape index (κ3) is 3.84. The van der Waals surface area contributed by atoms with Crippen LogP contribution in [0.3, 0.4) is 0 Å². The summed E-state index contributed by atoms with van der Waals surface area (Å²) in [7, 11) is 1.73. The topological polar surface area (TPSA) is 27.1 Å². The largest absolute Gasteiger partial charge is 0.385 e. The second-order valence-electron chi connectivity index (χ2n) is 4.55. The third-order valence-electron chi connectivity index (χ3n) is 2.52. The Balaban J connectivity index is 2.59. The molecule has 0 radical (unpaired) electrons. The Morgan fingerprint density at radius 1 is 1.53 bits per heavy atom. The molecular formula is C11H19ClN2O. The summed E-state index contributed by atoms with van der Waals surface area (Å²) in [5, 5.41) is 0. The van der Waals surface area contributed by atoms with Crippen LogP contribution in [-0.2, 0) is 17.2 Å². The van der Waals surface area contributed by atoms with Crippen LogP contribution in [0.5, 0.6) is 0 Å². The number of rotatable bonds is 6. The van der Waals surface area contributed by atoms with Crippen molar-refractivity contribution in [2.75, 3.05) is 13.7 Å². The summed E-state index contributed by atoms with van der Waals surface area (Å²) >= 11 is 5.82. The minimum absolute atomic E-state index is 0.206.